The summed E-state index contributed by atoms with van der Waals surface area (Å²) in [5.41, 5.74) is 18.4. The van der Waals surface area contributed by atoms with Crippen LogP contribution >= 0.6 is 0 Å². The molecular weight excluding hydrogens is 701 g/mol. The number of aryl methyl sites for hydroxylation is 3. The number of allylic oxidation sites excluding steroid dienone is 5. The lowest BCUT2D eigenvalue weighted by molar-refractivity contribution is 0.669. The van der Waals surface area contributed by atoms with Gasteiger partial charge in [0, 0.05) is 10.8 Å². The Bertz CT molecular complexity index is 2670. The molecule has 0 aliphatic heterocycles. The zero-order chi connectivity index (χ0) is 41.2. The third-order valence-electron chi connectivity index (χ3n) is 10.9. The lowest BCUT2D eigenvalue weighted by atomic mass is 9.66. The van der Waals surface area contributed by atoms with Gasteiger partial charge in [0.1, 0.15) is 11.2 Å². The quantitative estimate of drug-likeness (QED) is 0.170. The number of hydrogen-bond donors (Lipinski definition) is 0. The van der Waals surface area contributed by atoms with E-state index >= 15 is 0 Å². The second-order valence-electron chi connectivity index (χ2n) is 14.9. The molecule has 58 heavy (non-hydrogen) atoms. The molecule has 1 aliphatic rings. The monoisotopic (exact) mass is 756 g/mol. The van der Waals surface area contributed by atoms with E-state index in [0.29, 0.717) is 0 Å². The minimum atomic E-state index is -0.262. The first-order valence-electron chi connectivity index (χ1n) is 20.5. The third kappa shape index (κ3) is 8.46. The van der Waals surface area contributed by atoms with Gasteiger partial charge in [0.25, 0.3) is 0 Å². The maximum atomic E-state index is 5.86. The van der Waals surface area contributed by atoms with E-state index in [2.05, 4.69) is 211 Å². The summed E-state index contributed by atoms with van der Waals surface area (Å²) < 4.78 is 5.86. The molecule has 290 valence electrons. The summed E-state index contributed by atoms with van der Waals surface area (Å²) >= 11 is 0. The Morgan fingerprint density at radius 1 is 0.534 bits per heavy atom. The van der Waals surface area contributed by atoms with Crippen molar-refractivity contribution in [1.82, 2.24) is 0 Å². The van der Waals surface area contributed by atoms with Gasteiger partial charge >= 0.3 is 0 Å². The predicted octanol–water partition coefficient (Wildman–Crippen LogP) is 16.3. The van der Waals surface area contributed by atoms with E-state index in [1.165, 1.54) is 77.6 Å². The highest BCUT2D eigenvalue weighted by molar-refractivity contribution is 6.06. The summed E-state index contributed by atoms with van der Waals surface area (Å²) in [7, 11) is 0. The molecule has 1 heterocycles. The van der Waals surface area contributed by atoms with Gasteiger partial charge in [-0.25, -0.2) is 0 Å². The average molecular weight is 757 g/mol. The largest absolute Gasteiger partial charge is 0.456 e. The number of fused-ring (bicyclic) bond motifs is 4. The minimum Gasteiger partial charge on any atom is -0.456 e. The molecular formula is C57H56O. The fraction of sp³-hybridized carbons (Fsp3) is 0.158. The van der Waals surface area contributed by atoms with Crippen molar-refractivity contribution in [3.05, 3.63) is 239 Å². The van der Waals surface area contributed by atoms with Crippen LogP contribution in [0.1, 0.15) is 79.1 Å². The number of hydrogen-bond acceptors (Lipinski definition) is 1. The highest BCUT2D eigenvalue weighted by Gasteiger charge is 2.45. The molecule has 9 rings (SSSR count). The summed E-state index contributed by atoms with van der Waals surface area (Å²) in [6.07, 6.45) is 4.46. The van der Waals surface area contributed by atoms with Gasteiger partial charge in [0.05, 0.1) is 5.41 Å². The Kier molecular flexibility index (Phi) is 13.3. The van der Waals surface area contributed by atoms with E-state index in [1.54, 1.807) is 0 Å². The first kappa shape index (κ1) is 41.2. The number of furan rings is 1. The molecule has 1 aromatic heterocycles. The molecule has 1 nitrogen and oxygen atoms in total. The summed E-state index contributed by atoms with van der Waals surface area (Å²) in [4.78, 5) is 0. The zero-order valence-electron chi connectivity index (χ0n) is 35.4. The number of para-hydroxylation sites is 1. The second kappa shape index (κ2) is 18.7. The lowest BCUT2D eigenvalue weighted by Gasteiger charge is -2.35. The first-order chi connectivity index (χ1) is 28.2. The van der Waals surface area contributed by atoms with E-state index < -0.39 is 0 Å². The highest BCUT2D eigenvalue weighted by Crippen LogP contribution is 2.54. The molecule has 0 radical (unpaired) electrons. The molecule has 1 heteroatoms. The molecule has 8 aromatic rings. The van der Waals surface area contributed by atoms with Crippen molar-refractivity contribution in [1.29, 1.82) is 0 Å². The Hall–Kier alpha value is -6.44. The van der Waals surface area contributed by atoms with Crippen LogP contribution in [0.5, 0.6) is 0 Å². The van der Waals surface area contributed by atoms with Gasteiger partial charge in [-0.1, -0.05) is 207 Å². The molecule has 1 unspecified atom stereocenters. The van der Waals surface area contributed by atoms with Gasteiger partial charge < -0.3 is 4.42 Å². The standard InChI is InChI=1S/C26H24.C19H14O.C10H12.C2H6/c1-4-10-24-20(3)23-13-8-9-14-25(23)26(24,21-11-6-5-7-12-21)22-17-15-19(2)16-18-22;1-13-6-8-14(9-7-13)15-10-11-19-17(12-15)16-4-2-3-5-18(16)20-19;1-8(2)10-6-4-9(3)5-7-10;1-2/h4-18H,1-3H3;2-12H,1H3;4-7H,1H2,2-3H3;1-2H3/b10-4-;;;. The van der Waals surface area contributed by atoms with Gasteiger partial charge in [0.15, 0.2) is 0 Å². The number of benzene rings is 7. The summed E-state index contributed by atoms with van der Waals surface area (Å²) in [6, 6.07) is 60.4. The molecule has 1 atom stereocenters. The average Bonchev–Trinajstić information content (AvgIpc) is 3.75. The molecule has 0 saturated carbocycles. The normalized spacial score (nSPS) is 14.2. The highest BCUT2D eigenvalue weighted by atomic mass is 16.3. The maximum Gasteiger partial charge on any atom is 0.135 e. The molecule has 0 spiro atoms. The van der Waals surface area contributed by atoms with Crippen LogP contribution in [0.2, 0.25) is 0 Å². The van der Waals surface area contributed by atoms with E-state index in [-0.39, 0.29) is 5.41 Å². The van der Waals surface area contributed by atoms with Gasteiger partial charge in [-0.3, -0.25) is 0 Å². The van der Waals surface area contributed by atoms with Crippen molar-refractivity contribution in [2.75, 3.05) is 0 Å². The molecule has 0 bridgehead atoms. The van der Waals surface area contributed by atoms with Crippen molar-refractivity contribution in [2.24, 2.45) is 0 Å². The Balaban J connectivity index is 0.000000156. The molecule has 0 fully saturated rings. The molecule has 0 amide bonds. The van der Waals surface area contributed by atoms with Gasteiger partial charge in [-0.2, -0.15) is 0 Å². The summed E-state index contributed by atoms with van der Waals surface area (Å²) in [5.74, 6) is 0. The Morgan fingerprint density at radius 3 is 1.69 bits per heavy atom. The van der Waals surface area contributed by atoms with Crippen LogP contribution in [0, 0.1) is 20.8 Å². The molecule has 0 saturated heterocycles. The smallest absolute Gasteiger partial charge is 0.135 e. The summed E-state index contributed by atoms with van der Waals surface area (Å²) in [5, 5.41) is 2.36. The fourth-order valence-electron chi connectivity index (χ4n) is 7.90. The van der Waals surface area contributed by atoms with Crippen molar-refractivity contribution in [2.45, 2.75) is 60.8 Å². The number of rotatable bonds is 5. The van der Waals surface area contributed by atoms with Crippen molar-refractivity contribution >= 4 is 33.1 Å². The van der Waals surface area contributed by atoms with Gasteiger partial charge in [-0.15, -0.1) is 0 Å². The predicted molar refractivity (Wildman–Crippen MR) is 252 cm³/mol. The summed E-state index contributed by atoms with van der Waals surface area (Å²) in [6.45, 7) is 20.6. The van der Waals surface area contributed by atoms with E-state index in [0.717, 1.165) is 16.7 Å². The Morgan fingerprint density at radius 2 is 1.05 bits per heavy atom. The van der Waals surface area contributed by atoms with Crippen LogP contribution < -0.4 is 0 Å². The molecule has 1 aliphatic carbocycles. The van der Waals surface area contributed by atoms with Crippen LogP contribution in [-0.4, -0.2) is 0 Å². The van der Waals surface area contributed by atoms with E-state index in [4.69, 9.17) is 4.42 Å². The molecule has 0 N–H and O–H groups in total. The van der Waals surface area contributed by atoms with Crippen LogP contribution in [0.4, 0.5) is 0 Å². The third-order valence-corrected chi connectivity index (χ3v) is 10.9. The minimum absolute atomic E-state index is 0.262. The molecule has 7 aromatic carbocycles. The van der Waals surface area contributed by atoms with Crippen LogP contribution in [0.25, 0.3) is 44.2 Å². The second-order valence-corrected chi connectivity index (χ2v) is 14.9. The fourth-order valence-corrected chi connectivity index (χ4v) is 7.90. The van der Waals surface area contributed by atoms with Crippen molar-refractivity contribution in [3.8, 4) is 11.1 Å². The Labute approximate surface area is 346 Å². The maximum absolute atomic E-state index is 5.86. The lowest BCUT2D eigenvalue weighted by Crippen LogP contribution is -2.29. The van der Waals surface area contributed by atoms with Crippen LogP contribution in [-0.2, 0) is 5.41 Å². The van der Waals surface area contributed by atoms with Crippen molar-refractivity contribution in [3.63, 3.8) is 0 Å². The topological polar surface area (TPSA) is 13.1 Å². The zero-order valence-corrected chi connectivity index (χ0v) is 35.4. The van der Waals surface area contributed by atoms with Gasteiger partial charge in [-0.05, 0) is 110 Å². The van der Waals surface area contributed by atoms with E-state index in [9.17, 15) is 0 Å². The van der Waals surface area contributed by atoms with Crippen LogP contribution in [0.3, 0.4) is 0 Å². The first-order valence-corrected chi connectivity index (χ1v) is 20.5. The van der Waals surface area contributed by atoms with Crippen molar-refractivity contribution < 1.29 is 4.42 Å². The van der Waals surface area contributed by atoms with Gasteiger partial charge in [0.2, 0.25) is 0 Å². The SMILES string of the molecule is C/C=C\C1=C(C)c2ccccc2C1(c1ccccc1)c1ccc(C)cc1.C=C(C)c1ccc(C)cc1.CC.Cc1ccc(-c2ccc3oc4ccccc4c3c2)cc1. The van der Waals surface area contributed by atoms with E-state index in [1.807, 2.05) is 32.9 Å². The van der Waals surface area contributed by atoms with Crippen LogP contribution in [0.15, 0.2) is 199 Å².